The summed E-state index contributed by atoms with van der Waals surface area (Å²) in [6, 6.07) is 12.8. The molecule has 1 aromatic heterocycles. The minimum absolute atomic E-state index is 0.0542. The molecular formula is C19H21N3O3. The number of hydrogen-bond acceptors (Lipinski definition) is 4. The van der Waals surface area contributed by atoms with Crippen molar-refractivity contribution < 1.29 is 14.3 Å². The first-order valence-electron chi connectivity index (χ1n) is 8.34. The monoisotopic (exact) mass is 339 g/mol. The van der Waals surface area contributed by atoms with Crippen molar-refractivity contribution in [2.24, 2.45) is 5.92 Å². The van der Waals surface area contributed by atoms with E-state index in [-0.39, 0.29) is 24.2 Å². The van der Waals surface area contributed by atoms with Gasteiger partial charge in [-0.15, -0.1) is 0 Å². The van der Waals surface area contributed by atoms with Crippen molar-refractivity contribution in [2.75, 3.05) is 23.4 Å². The molecule has 1 atom stereocenters. The normalized spacial score (nSPS) is 16.8. The van der Waals surface area contributed by atoms with Crippen LogP contribution >= 0.6 is 0 Å². The second-order valence-corrected chi connectivity index (χ2v) is 5.99. The maximum absolute atomic E-state index is 12.4. The number of aryl methyl sites for hydroxylation is 1. The Morgan fingerprint density at radius 3 is 2.72 bits per heavy atom. The van der Waals surface area contributed by atoms with Crippen LogP contribution in [0.5, 0.6) is 5.75 Å². The molecule has 6 heteroatoms. The van der Waals surface area contributed by atoms with Crippen LogP contribution in [-0.2, 0) is 9.59 Å². The van der Waals surface area contributed by atoms with Crippen LogP contribution in [0.1, 0.15) is 19.0 Å². The number of pyridine rings is 1. The first-order chi connectivity index (χ1) is 12.1. The average Bonchev–Trinajstić information content (AvgIpc) is 2.98. The van der Waals surface area contributed by atoms with Crippen LogP contribution < -0.4 is 15.0 Å². The zero-order valence-corrected chi connectivity index (χ0v) is 14.4. The molecule has 2 heterocycles. The lowest BCUT2D eigenvalue weighted by atomic mass is 10.1. The molecule has 25 heavy (non-hydrogen) atoms. The van der Waals surface area contributed by atoms with E-state index in [1.807, 2.05) is 50.2 Å². The molecule has 1 fully saturated rings. The minimum Gasteiger partial charge on any atom is -0.494 e. The zero-order chi connectivity index (χ0) is 17.8. The molecule has 1 N–H and O–H groups in total. The zero-order valence-electron chi connectivity index (χ0n) is 14.4. The highest BCUT2D eigenvalue weighted by Gasteiger charge is 2.35. The maximum atomic E-state index is 12.4. The van der Waals surface area contributed by atoms with E-state index in [0.29, 0.717) is 19.0 Å². The Kier molecular flexibility index (Phi) is 4.97. The highest BCUT2D eigenvalue weighted by atomic mass is 16.5. The van der Waals surface area contributed by atoms with E-state index < -0.39 is 0 Å². The van der Waals surface area contributed by atoms with Gasteiger partial charge in [-0.2, -0.15) is 0 Å². The third-order valence-corrected chi connectivity index (χ3v) is 4.09. The van der Waals surface area contributed by atoms with Crippen molar-refractivity contribution in [3.05, 3.63) is 48.2 Å². The number of rotatable bonds is 5. The van der Waals surface area contributed by atoms with Crippen LogP contribution in [0, 0.1) is 12.8 Å². The predicted molar refractivity (Wildman–Crippen MR) is 95.7 cm³/mol. The number of aromatic nitrogens is 1. The number of carbonyl (C=O) groups excluding carboxylic acids is 2. The summed E-state index contributed by atoms with van der Waals surface area (Å²) < 4.78 is 5.41. The van der Waals surface area contributed by atoms with E-state index in [1.54, 1.807) is 11.0 Å². The second-order valence-electron chi connectivity index (χ2n) is 5.99. The summed E-state index contributed by atoms with van der Waals surface area (Å²) in [6.07, 6.45) is 0.199. The Labute approximate surface area is 146 Å². The lowest BCUT2D eigenvalue weighted by Gasteiger charge is -2.17. The third kappa shape index (κ3) is 3.96. The molecule has 0 aliphatic carbocycles. The summed E-state index contributed by atoms with van der Waals surface area (Å²) in [4.78, 5) is 30.6. The Balaban J connectivity index is 1.66. The van der Waals surface area contributed by atoms with Gasteiger partial charge in [-0.3, -0.25) is 9.59 Å². The summed E-state index contributed by atoms with van der Waals surface area (Å²) in [5, 5.41) is 2.79. The van der Waals surface area contributed by atoms with Gasteiger partial charge in [0.25, 0.3) is 0 Å². The second kappa shape index (κ2) is 7.34. The van der Waals surface area contributed by atoms with E-state index in [1.165, 1.54) is 0 Å². The van der Waals surface area contributed by atoms with Gasteiger partial charge < -0.3 is 15.0 Å². The molecule has 1 aliphatic heterocycles. The quantitative estimate of drug-likeness (QED) is 0.909. The summed E-state index contributed by atoms with van der Waals surface area (Å²) in [5.74, 6) is 0.650. The van der Waals surface area contributed by atoms with Crippen molar-refractivity contribution in [2.45, 2.75) is 20.3 Å². The maximum Gasteiger partial charge on any atom is 0.230 e. The van der Waals surface area contributed by atoms with Gasteiger partial charge in [0.2, 0.25) is 11.8 Å². The number of nitrogens with one attached hydrogen (secondary N) is 1. The van der Waals surface area contributed by atoms with Gasteiger partial charge in [0.05, 0.1) is 12.5 Å². The minimum atomic E-state index is -0.388. The number of carbonyl (C=O) groups is 2. The van der Waals surface area contributed by atoms with Crippen molar-refractivity contribution in [3.8, 4) is 5.75 Å². The standard InChI is InChI=1S/C19H21N3O3/c1-3-25-16-9-7-15(8-10-16)22-12-14(11-18(22)23)19(24)21-17-6-4-5-13(2)20-17/h4-10,14H,3,11-12H2,1-2H3,(H,20,21,24)/t14-/m0/s1. The van der Waals surface area contributed by atoms with Gasteiger partial charge in [0.1, 0.15) is 11.6 Å². The lowest BCUT2D eigenvalue weighted by Crippen LogP contribution is -2.28. The van der Waals surface area contributed by atoms with Crippen molar-refractivity contribution in [3.63, 3.8) is 0 Å². The van der Waals surface area contributed by atoms with E-state index in [0.717, 1.165) is 17.1 Å². The Morgan fingerprint density at radius 1 is 1.28 bits per heavy atom. The molecule has 3 rings (SSSR count). The van der Waals surface area contributed by atoms with Gasteiger partial charge in [-0.1, -0.05) is 6.07 Å². The first-order valence-corrected chi connectivity index (χ1v) is 8.34. The Morgan fingerprint density at radius 2 is 2.04 bits per heavy atom. The fourth-order valence-electron chi connectivity index (χ4n) is 2.86. The number of anilines is 2. The molecule has 0 saturated carbocycles. The molecule has 6 nitrogen and oxygen atoms in total. The lowest BCUT2D eigenvalue weighted by molar-refractivity contribution is -0.122. The topological polar surface area (TPSA) is 71.5 Å². The molecule has 130 valence electrons. The highest BCUT2D eigenvalue weighted by molar-refractivity contribution is 6.03. The van der Waals surface area contributed by atoms with E-state index in [9.17, 15) is 9.59 Å². The summed E-state index contributed by atoms with van der Waals surface area (Å²) in [5.41, 5.74) is 1.61. The van der Waals surface area contributed by atoms with E-state index in [2.05, 4.69) is 10.3 Å². The number of hydrogen-bond donors (Lipinski definition) is 1. The van der Waals surface area contributed by atoms with Crippen LogP contribution in [0.4, 0.5) is 11.5 Å². The van der Waals surface area contributed by atoms with Crippen LogP contribution in [0.15, 0.2) is 42.5 Å². The molecule has 1 aliphatic rings. The SMILES string of the molecule is CCOc1ccc(N2C[C@@H](C(=O)Nc3cccc(C)n3)CC2=O)cc1. The molecule has 2 aromatic rings. The molecule has 0 bridgehead atoms. The number of ether oxygens (including phenoxy) is 1. The predicted octanol–water partition coefficient (Wildman–Crippen LogP) is 2.78. The molecule has 1 aromatic carbocycles. The highest BCUT2D eigenvalue weighted by Crippen LogP contribution is 2.27. The van der Waals surface area contributed by atoms with Crippen LogP contribution in [0.2, 0.25) is 0 Å². The molecule has 1 saturated heterocycles. The molecule has 0 radical (unpaired) electrons. The molecule has 2 amide bonds. The average molecular weight is 339 g/mol. The summed E-state index contributed by atoms with van der Waals surface area (Å²) >= 11 is 0. The van der Waals surface area contributed by atoms with Gasteiger partial charge in [0.15, 0.2) is 0 Å². The molecule has 0 unspecified atom stereocenters. The van der Waals surface area contributed by atoms with Crippen molar-refractivity contribution in [1.82, 2.24) is 4.98 Å². The van der Waals surface area contributed by atoms with Crippen LogP contribution in [0.3, 0.4) is 0 Å². The first kappa shape index (κ1) is 17.0. The third-order valence-electron chi connectivity index (χ3n) is 4.09. The summed E-state index contributed by atoms with van der Waals surface area (Å²) in [7, 11) is 0. The Bertz CT molecular complexity index is 774. The van der Waals surface area contributed by atoms with E-state index >= 15 is 0 Å². The van der Waals surface area contributed by atoms with Gasteiger partial charge in [-0.25, -0.2) is 4.98 Å². The van der Waals surface area contributed by atoms with Gasteiger partial charge in [-0.05, 0) is 50.2 Å². The number of amides is 2. The number of benzene rings is 1. The number of nitrogens with zero attached hydrogens (tertiary/aromatic N) is 2. The summed E-state index contributed by atoms with van der Waals surface area (Å²) in [6.45, 7) is 4.74. The largest absolute Gasteiger partial charge is 0.494 e. The molecular weight excluding hydrogens is 318 g/mol. The van der Waals surface area contributed by atoms with Crippen molar-refractivity contribution >= 4 is 23.3 Å². The fourth-order valence-corrected chi connectivity index (χ4v) is 2.86. The van der Waals surface area contributed by atoms with Crippen LogP contribution in [0.25, 0.3) is 0 Å². The fraction of sp³-hybridized carbons (Fsp3) is 0.316. The Hall–Kier alpha value is -2.89. The van der Waals surface area contributed by atoms with Gasteiger partial charge >= 0.3 is 0 Å². The van der Waals surface area contributed by atoms with E-state index in [4.69, 9.17) is 4.74 Å². The molecule has 0 spiro atoms. The van der Waals surface area contributed by atoms with Crippen LogP contribution in [-0.4, -0.2) is 29.9 Å². The smallest absolute Gasteiger partial charge is 0.230 e. The van der Waals surface area contributed by atoms with Gasteiger partial charge in [0, 0.05) is 24.3 Å². The van der Waals surface area contributed by atoms with Crippen molar-refractivity contribution in [1.29, 1.82) is 0 Å².